The van der Waals surface area contributed by atoms with Crippen molar-refractivity contribution in [3.8, 4) is 0 Å². The highest BCUT2D eigenvalue weighted by atomic mass is 16.3. The number of hydrogen-bond donors (Lipinski definition) is 0. The minimum Gasteiger partial charge on any atom is -0.236 e. The third-order valence-corrected chi connectivity index (χ3v) is 3.94. The number of hydrogen-bond acceptors (Lipinski definition) is 0. The van der Waals surface area contributed by atoms with Crippen LogP contribution in [0.1, 0.15) is 81.1 Å². The molecule has 0 aliphatic carbocycles. The van der Waals surface area contributed by atoms with Crippen LogP contribution in [-0.4, -0.2) is 6.61 Å². The van der Waals surface area contributed by atoms with E-state index in [1.54, 1.807) is 0 Å². The Balaban J connectivity index is 4.19. The Bertz CT molecular complexity index is 231. The molecule has 0 aromatic heterocycles. The van der Waals surface area contributed by atoms with Crippen molar-refractivity contribution in [2.24, 2.45) is 28.6 Å². The minimum atomic E-state index is 0.0967. The lowest BCUT2D eigenvalue weighted by Crippen LogP contribution is -2.22. The Hall–Kier alpha value is -0.0400. The molecule has 0 amide bonds. The molecule has 115 valence electrons. The van der Waals surface area contributed by atoms with Crippen LogP contribution in [0.2, 0.25) is 0 Å². The molecule has 1 nitrogen and oxygen atoms in total. The van der Waals surface area contributed by atoms with Crippen LogP contribution >= 0.6 is 0 Å². The SMILES string of the molecule is CC(CCC(C[O])C(C)CC(C)(C)C)CC(C)(C)C. The first kappa shape index (κ1) is 19.0. The maximum atomic E-state index is 11.5. The van der Waals surface area contributed by atoms with Gasteiger partial charge in [0, 0.05) is 0 Å². The maximum Gasteiger partial charge on any atom is 0.0853 e. The minimum absolute atomic E-state index is 0.0967. The average Bonchev–Trinajstić information content (AvgIpc) is 2.12. The molecule has 0 saturated heterocycles. The molecule has 3 atom stereocenters. The van der Waals surface area contributed by atoms with Gasteiger partial charge in [-0.05, 0) is 47.8 Å². The molecule has 0 spiro atoms. The van der Waals surface area contributed by atoms with E-state index in [1.165, 1.54) is 12.8 Å². The Kier molecular flexibility index (Phi) is 7.65. The first-order chi connectivity index (χ1) is 8.44. The highest BCUT2D eigenvalue weighted by molar-refractivity contribution is 4.74. The first-order valence-corrected chi connectivity index (χ1v) is 8.03. The van der Waals surface area contributed by atoms with E-state index in [4.69, 9.17) is 0 Å². The summed E-state index contributed by atoms with van der Waals surface area (Å²) in [7, 11) is 0. The molecule has 3 unspecified atom stereocenters. The zero-order chi connectivity index (χ0) is 15.3. The van der Waals surface area contributed by atoms with Gasteiger partial charge in [0.25, 0.3) is 0 Å². The quantitative estimate of drug-likeness (QED) is 0.543. The van der Waals surface area contributed by atoms with Gasteiger partial charge in [0.2, 0.25) is 0 Å². The second-order valence-corrected chi connectivity index (χ2v) is 9.12. The van der Waals surface area contributed by atoms with Gasteiger partial charge in [-0.2, -0.15) is 0 Å². The third-order valence-electron chi connectivity index (χ3n) is 3.94. The van der Waals surface area contributed by atoms with Crippen molar-refractivity contribution in [2.45, 2.75) is 81.1 Å². The van der Waals surface area contributed by atoms with Gasteiger partial charge in [-0.3, -0.25) is 0 Å². The van der Waals surface area contributed by atoms with Crippen molar-refractivity contribution in [1.29, 1.82) is 0 Å². The average molecular weight is 269 g/mol. The molecule has 1 radical (unpaired) electrons. The van der Waals surface area contributed by atoms with Crippen LogP contribution in [0.4, 0.5) is 0 Å². The molecule has 19 heavy (non-hydrogen) atoms. The van der Waals surface area contributed by atoms with Crippen molar-refractivity contribution in [3.63, 3.8) is 0 Å². The molecule has 0 aromatic carbocycles. The second kappa shape index (κ2) is 7.67. The fraction of sp³-hybridized carbons (Fsp3) is 1.00. The van der Waals surface area contributed by atoms with E-state index in [1.807, 2.05) is 0 Å². The van der Waals surface area contributed by atoms with Crippen LogP contribution in [0.15, 0.2) is 0 Å². The molecule has 0 rings (SSSR count). The summed E-state index contributed by atoms with van der Waals surface area (Å²) in [5.74, 6) is 1.65. The van der Waals surface area contributed by atoms with E-state index in [0.717, 1.165) is 18.8 Å². The molecule has 1 heteroatoms. The fourth-order valence-electron chi connectivity index (χ4n) is 3.31. The highest BCUT2D eigenvalue weighted by Gasteiger charge is 2.24. The fourth-order valence-corrected chi connectivity index (χ4v) is 3.31. The predicted octanol–water partition coefficient (Wildman–Crippen LogP) is 5.96. The van der Waals surface area contributed by atoms with Crippen molar-refractivity contribution in [3.05, 3.63) is 0 Å². The predicted molar refractivity (Wildman–Crippen MR) is 84.7 cm³/mol. The molecular weight excluding hydrogens is 232 g/mol. The van der Waals surface area contributed by atoms with E-state index in [0.29, 0.717) is 22.7 Å². The van der Waals surface area contributed by atoms with Gasteiger partial charge in [0.15, 0.2) is 0 Å². The summed E-state index contributed by atoms with van der Waals surface area (Å²) in [4.78, 5) is 0. The first-order valence-electron chi connectivity index (χ1n) is 8.03. The van der Waals surface area contributed by atoms with E-state index in [9.17, 15) is 5.11 Å². The molecule has 0 fully saturated rings. The highest BCUT2D eigenvalue weighted by Crippen LogP contribution is 2.33. The summed E-state index contributed by atoms with van der Waals surface area (Å²) in [5.41, 5.74) is 0.743. The summed E-state index contributed by atoms with van der Waals surface area (Å²) in [5, 5.41) is 11.5. The van der Waals surface area contributed by atoms with Crippen LogP contribution in [-0.2, 0) is 5.11 Å². The monoisotopic (exact) mass is 269 g/mol. The van der Waals surface area contributed by atoms with E-state index < -0.39 is 0 Å². The second-order valence-electron chi connectivity index (χ2n) is 9.12. The van der Waals surface area contributed by atoms with Crippen LogP contribution < -0.4 is 0 Å². The van der Waals surface area contributed by atoms with Gasteiger partial charge in [-0.25, -0.2) is 5.11 Å². The summed E-state index contributed by atoms with van der Waals surface area (Å²) in [6.45, 7) is 18.4. The van der Waals surface area contributed by atoms with Gasteiger partial charge in [0.05, 0.1) is 6.61 Å². The standard InChI is InChI=1S/C18H37O/c1-14(11-17(3,4)5)9-10-16(13-19)15(2)12-18(6,7)8/h14-16H,9-13H2,1-8H3. The van der Waals surface area contributed by atoms with E-state index >= 15 is 0 Å². The molecule has 0 aliphatic rings. The molecular formula is C18H37O. The topological polar surface area (TPSA) is 19.9 Å². The van der Waals surface area contributed by atoms with Crippen LogP contribution in [0.25, 0.3) is 0 Å². The molecule has 0 saturated carbocycles. The van der Waals surface area contributed by atoms with Gasteiger partial charge in [0.1, 0.15) is 0 Å². The molecule has 0 aliphatic heterocycles. The lowest BCUT2D eigenvalue weighted by atomic mass is 9.76. The van der Waals surface area contributed by atoms with Gasteiger partial charge < -0.3 is 0 Å². The van der Waals surface area contributed by atoms with Gasteiger partial charge in [-0.15, -0.1) is 0 Å². The van der Waals surface area contributed by atoms with Gasteiger partial charge in [-0.1, -0.05) is 61.8 Å². The van der Waals surface area contributed by atoms with E-state index in [-0.39, 0.29) is 6.61 Å². The zero-order valence-corrected chi connectivity index (χ0v) is 14.7. The summed E-state index contributed by atoms with van der Waals surface area (Å²) in [6, 6.07) is 0. The number of rotatable bonds is 7. The third kappa shape index (κ3) is 10.4. The van der Waals surface area contributed by atoms with Crippen molar-refractivity contribution in [1.82, 2.24) is 0 Å². The molecule has 0 aromatic rings. The lowest BCUT2D eigenvalue weighted by molar-refractivity contribution is 0.0883. The van der Waals surface area contributed by atoms with Crippen molar-refractivity contribution < 1.29 is 5.11 Å². The molecule has 0 N–H and O–H groups in total. The zero-order valence-electron chi connectivity index (χ0n) is 14.7. The van der Waals surface area contributed by atoms with Crippen LogP contribution in [0.3, 0.4) is 0 Å². The summed E-state index contributed by atoms with van der Waals surface area (Å²) < 4.78 is 0. The Morgan fingerprint density at radius 2 is 1.26 bits per heavy atom. The Labute approximate surface area is 122 Å². The van der Waals surface area contributed by atoms with Crippen molar-refractivity contribution >= 4 is 0 Å². The Morgan fingerprint density at radius 1 is 0.789 bits per heavy atom. The van der Waals surface area contributed by atoms with Crippen LogP contribution in [0.5, 0.6) is 0 Å². The lowest BCUT2D eigenvalue weighted by Gasteiger charge is -2.30. The Morgan fingerprint density at radius 3 is 1.63 bits per heavy atom. The van der Waals surface area contributed by atoms with Crippen LogP contribution in [0, 0.1) is 28.6 Å². The largest absolute Gasteiger partial charge is 0.236 e. The molecule has 0 bridgehead atoms. The summed E-state index contributed by atoms with van der Waals surface area (Å²) >= 11 is 0. The van der Waals surface area contributed by atoms with E-state index in [2.05, 4.69) is 55.4 Å². The molecule has 0 heterocycles. The maximum absolute atomic E-state index is 11.5. The van der Waals surface area contributed by atoms with Gasteiger partial charge >= 0.3 is 0 Å². The van der Waals surface area contributed by atoms with Crippen molar-refractivity contribution in [2.75, 3.05) is 6.61 Å². The smallest absolute Gasteiger partial charge is 0.0853 e. The normalized spacial score (nSPS) is 18.2. The summed E-state index contributed by atoms with van der Waals surface area (Å²) in [6.07, 6.45) is 4.73.